The lowest BCUT2D eigenvalue weighted by atomic mass is 10.1. The van der Waals surface area contributed by atoms with E-state index in [2.05, 4.69) is 16.6 Å². The van der Waals surface area contributed by atoms with Crippen molar-refractivity contribution in [3.8, 4) is 0 Å². The number of rotatable bonds is 6. The van der Waals surface area contributed by atoms with Crippen LogP contribution in [0.2, 0.25) is 0 Å². The van der Waals surface area contributed by atoms with E-state index in [0.717, 1.165) is 0 Å². The normalized spacial score (nSPS) is 10.8. The Morgan fingerprint density at radius 2 is 1.83 bits per heavy atom. The first kappa shape index (κ1) is 16.8. The third-order valence-electron chi connectivity index (χ3n) is 3.28. The lowest BCUT2D eigenvalue weighted by molar-refractivity contribution is 0.0957. The van der Waals surface area contributed by atoms with Crippen LogP contribution in [0.1, 0.15) is 15.9 Å². The van der Waals surface area contributed by atoms with Crippen LogP contribution in [0.25, 0.3) is 0 Å². The molecule has 0 heterocycles. The lowest BCUT2D eigenvalue weighted by Crippen LogP contribution is -2.24. The lowest BCUT2D eigenvalue weighted by Gasteiger charge is -2.13. The van der Waals surface area contributed by atoms with Crippen LogP contribution in [0, 0.1) is 6.92 Å². The second-order valence-corrected chi connectivity index (χ2v) is 6.58. The number of amides is 1. The Bertz CT molecular complexity index is 815. The van der Waals surface area contributed by atoms with Crippen LogP contribution < -0.4 is 10.0 Å². The number of anilines is 1. The van der Waals surface area contributed by atoms with Crippen LogP contribution >= 0.6 is 0 Å². The summed E-state index contributed by atoms with van der Waals surface area (Å²) in [6.07, 6.45) is 1.58. The molecular formula is C17H18N2O3S. The first-order chi connectivity index (χ1) is 11.0. The maximum atomic E-state index is 12.4. The Balaban J connectivity index is 2.31. The molecule has 0 fully saturated rings. The number of carbonyl (C=O) groups excluding carboxylic acids is 1. The van der Waals surface area contributed by atoms with Gasteiger partial charge < -0.3 is 5.32 Å². The maximum Gasteiger partial charge on any atom is 0.261 e. The summed E-state index contributed by atoms with van der Waals surface area (Å²) < 4.78 is 27.3. The molecule has 2 aromatic carbocycles. The van der Waals surface area contributed by atoms with Gasteiger partial charge in [-0.3, -0.25) is 9.52 Å². The summed E-state index contributed by atoms with van der Waals surface area (Å²) in [7, 11) is -3.69. The summed E-state index contributed by atoms with van der Waals surface area (Å²) in [4.78, 5) is 12.2. The SMILES string of the molecule is C=CCNC(=O)c1cccc(NS(=O)(=O)c2ccccc2)c1C. The molecular weight excluding hydrogens is 312 g/mol. The van der Waals surface area contributed by atoms with E-state index in [9.17, 15) is 13.2 Å². The first-order valence-electron chi connectivity index (χ1n) is 7.02. The summed E-state index contributed by atoms with van der Waals surface area (Å²) in [6, 6.07) is 13.0. The molecule has 0 aromatic heterocycles. The van der Waals surface area contributed by atoms with Gasteiger partial charge in [-0.25, -0.2) is 8.42 Å². The summed E-state index contributed by atoms with van der Waals surface area (Å²) in [6.45, 7) is 5.59. The van der Waals surface area contributed by atoms with Crippen LogP contribution in [-0.2, 0) is 10.0 Å². The van der Waals surface area contributed by atoms with Crippen LogP contribution in [0.4, 0.5) is 5.69 Å². The van der Waals surface area contributed by atoms with Crippen molar-refractivity contribution in [1.29, 1.82) is 0 Å². The smallest absolute Gasteiger partial charge is 0.261 e. The molecule has 6 heteroatoms. The molecule has 0 bridgehead atoms. The number of carbonyl (C=O) groups is 1. The highest BCUT2D eigenvalue weighted by molar-refractivity contribution is 7.92. The predicted molar refractivity (Wildman–Crippen MR) is 91.0 cm³/mol. The molecule has 23 heavy (non-hydrogen) atoms. The third kappa shape index (κ3) is 3.98. The van der Waals surface area contributed by atoms with Gasteiger partial charge in [-0.2, -0.15) is 0 Å². The number of benzene rings is 2. The van der Waals surface area contributed by atoms with Gasteiger partial charge in [0.1, 0.15) is 0 Å². The van der Waals surface area contributed by atoms with Crippen molar-refractivity contribution in [3.05, 3.63) is 72.3 Å². The zero-order valence-corrected chi connectivity index (χ0v) is 13.6. The zero-order valence-electron chi connectivity index (χ0n) is 12.7. The van der Waals surface area contributed by atoms with E-state index >= 15 is 0 Å². The van der Waals surface area contributed by atoms with Crippen LogP contribution in [0.15, 0.2) is 66.1 Å². The molecule has 5 nitrogen and oxygen atoms in total. The molecule has 0 saturated heterocycles. The molecule has 0 aliphatic rings. The van der Waals surface area contributed by atoms with Crippen molar-refractivity contribution in [2.45, 2.75) is 11.8 Å². The number of hydrogen-bond donors (Lipinski definition) is 2. The summed E-state index contributed by atoms with van der Waals surface area (Å²) in [5.41, 5.74) is 1.36. The first-order valence-corrected chi connectivity index (χ1v) is 8.50. The Morgan fingerprint density at radius 1 is 1.13 bits per heavy atom. The van der Waals surface area contributed by atoms with Gasteiger partial charge in [-0.05, 0) is 36.8 Å². The molecule has 0 spiro atoms. The van der Waals surface area contributed by atoms with Gasteiger partial charge in [-0.1, -0.05) is 30.3 Å². The minimum Gasteiger partial charge on any atom is -0.349 e. The monoisotopic (exact) mass is 330 g/mol. The fraction of sp³-hybridized carbons (Fsp3) is 0.118. The minimum absolute atomic E-state index is 0.168. The van der Waals surface area contributed by atoms with Crippen LogP contribution in [-0.4, -0.2) is 20.9 Å². The number of hydrogen-bond acceptors (Lipinski definition) is 3. The second kappa shape index (κ2) is 7.11. The van der Waals surface area contributed by atoms with Crippen LogP contribution in [0.5, 0.6) is 0 Å². The average Bonchev–Trinajstić information content (AvgIpc) is 2.55. The van der Waals surface area contributed by atoms with Crippen LogP contribution in [0.3, 0.4) is 0 Å². The standard InChI is InChI=1S/C17H18N2O3S/c1-3-12-18-17(20)15-10-7-11-16(13(15)2)19-23(21,22)14-8-5-4-6-9-14/h3-11,19H,1,12H2,2H3,(H,18,20). The number of nitrogens with one attached hydrogen (secondary N) is 2. The third-order valence-corrected chi connectivity index (χ3v) is 4.66. The molecule has 0 aliphatic heterocycles. The maximum absolute atomic E-state index is 12.4. The Labute approximate surface area is 136 Å². The summed E-state index contributed by atoms with van der Waals surface area (Å²) in [5.74, 6) is -0.275. The van der Waals surface area contributed by atoms with Crippen molar-refractivity contribution in [2.24, 2.45) is 0 Å². The van der Waals surface area contributed by atoms with Gasteiger partial charge in [0.05, 0.1) is 10.6 Å². The van der Waals surface area contributed by atoms with E-state index in [1.54, 1.807) is 49.4 Å². The van der Waals surface area contributed by atoms with Crippen molar-refractivity contribution < 1.29 is 13.2 Å². The fourth-order valence-corrected chi connectivity index (χ4v) is 3.20. The van der Waals surface area contributed by atoms with Gasteiger partial charge in [0, 0.05) is 12.1 Å². The van der Waals surface area contributed by atoms with E-state index in [4.69, 9.17) is 0 Å². The highest BCUT2D eigenvalue weighted by Crippen LogP contribution is 2.22. The van der Waals surface area contributed by atoms with E-state index in [0.29, 0.717) is 23.4 Å². The molecule has 120 valence electrons. The second-order valence-electron chi connectivity index (χ2n) is 4.90. The molecule has 0 radical (unpaired) electrons. The molecule has 0 unspecified atom stereocenters. The molecule has 0 saturated carbocycles. The molecule has 0 atom stereocenters. The quantitative estimate of drug-likeness (QED) is 0.800. The highest BCUT2D eigenvalue weighted by atomic mass is 32.2. The van der Waals surface area contributed by atoms with Crippen molar-refractivity contribution in [1.82, 2.24) is 5.32 Å². The fourth-order valence-electron chi connectivity index (χ4n) is 2.06. The van der Waals surface area contributed by atoms with Gasteiger partial charge in [0.2, 0.25) is 0 Å². The van der Waals surface area contributed by atoms with E-state index < -0.39 is 10.0 Å². The summed E-state index contributed by atoms with van der Waals surface area (Å²) in [5, 5.41) is 2.68. The van der Waals surface area contributed by atoms with Crippen molar-refractivity contribution >= 4 is 21.6 Å². The molecule has 2 aromatic rings. The predicted octanol–water partition coefficient (Wildman–Crippen LogP) is 2.71. The van der Waals surface area contributed by atoms with Gasteiger partial charge in [-0.15, -0.1) is 6.58 Å². The average molecular weight is 330 g/mol. The molecule has 2 rings (SSSR count). The highest BCUT2D eigenvalue weighted by Gasteiger charge is 2.17. The molecule has 1 amide bonds. The Morgan fingerprint density at radius 3 is 2.48 bits per heavy atom. The molecule has 2 N–H and O–H groups in total. The zero-order chi connectivity index (χ0) is 16.9. The minimum atomic E-state index is -3.69. The van der Waals surface area contributed by atoms with Crippen molar-refractivity contribution in [3.63, 3.8) is 0 Å². The Hall–Kier alpha value is -2.60. The van der Waals surface area contributed by atoms with Gasteiger partial charge >= 0.3 is 0 Å². The van der Waals surface area contributed by atoms with E-state index in [1.807, 2.05) is 0 Å². The van der Waals surface area contributed by atoms with E-state index in [-0.39, 0.29) is 10.8 Å². The van der Waals surface area contributed by atoms with Crippen molar-refractivity contribution in [2.75, 3.05) is 11.3 Å². The van der Waals surface area contributed by atoms with Gasteiger partial charge in [0.25, 0.3) is 15.9 Å². The Kier molecular flexibility index (Phi) is 5.18. The largest absolute Gasteiger partial charge is 0.349 e. The van der Waals surface area contributed by atoms with E-state index in [1.165, 1.54) is 12.1 Å². The topological polar surface area (TPSA) is 75.3 Å². The van der Waals surface area contributed by atoms with Gasteiger partial charge in [0.15, 0.2) is 0 Å². The molecule has 0 aliphatic carbocycles. The summed E-state index contributed by atoms with van der Waals surface area (Å²) >= 11 is 0. The number of sulfonamides is 1.